The van der Waals surface area contributed by atoms with Crippen molar-refractivity contribution in [1.82, 2.24) is 14.9 Å². The Balaban J connectivity index is 1.41. The molecule has 4 aromatic rings. The van der Waals surface area contributed by atoms with Gasteiger partial charge in [-0.3, -0.25) is 9.36 Å². The topological polar surface area (TPSA) is 85.6 Å². The molecule has 1 heterocycles. The van der Waals surface area contributed by atoms with Gasteiger partial charge in [0.25, 0.3) is 5.91 Å². The van der Waals surface area contributed by atoms with Crippen molar-refractivity contribution in [3.63, 3.8) is 0 Å². The van der Waals surface area contributed by atoms with Crippen molar-refractivity contribution in [2.75, 3.05) is 13.2 Å². The van der Waals surface area contributed by atoms with E-state index in [4.69, 9.17) is 9.84 Å². The number of nitrogens with one attached hydrogen (secondary N) is 1. The van der Waals surface area contributed by atoms with Crippen LogP contribution in [0.4, 0.5) is 13.2 Å². The van der Waals surface area contributed by atoms with Gasteiger partial charge in [0.05, 0.1) is 17.6 Å². The average Bonchev–Trinajstić information content (AvgIpc) is 3.25. The minimum absolute atomic E-state index is 0.133. The SMILES string of the molecule is O=C(NCCO)c1ccc2c(c1)ncn2-c1ccc(OCc2ccc(OC(F)(F)F)cc2)cc1. The Hall–Kier alpha value is -4.05. The van der Waals surface area contributed by atoms with Crippen LogP contribution in [0.5, 0.6) is 11.5 Å². The van der Waals surface area contributed by atoms with E-state index in [0.717, 1.165) is 11.2 Å². The number of carbonyl (C=O) groups is 1. The smallest absolute Gasteiger partial charge is 0.489 e. The molecule has 0 unspecified atom stereocenters. The Morgan fingerprint density at radius 1 is 1.00 bits per heavy atom. The van der Waals surface area contributed by atoms with E-state index >= 15 is 0 Å². The van der Waals surface area contributed by atoms with E-state index in [0.29, 0.717) is 22.4 Å². The number of nitrogens with zero attached hydrogens (tertiary/aromatic N) is 2. The molecular weight excluding hydrogens is 451 g/mol. The maximum absolute atomic E-state index is 12.2. The molecule has 0 radical (unpaired) electrons. The van der Waals surface area contributed by atoms with Crippen LogP contribution in [0.25, 0.3) is 16.7 Å². The van der Waals surface area contributed by atoms with E-state index in [2.05, 4.69) is 15.0 Å². The summed E-state index contributed by atoms with van der Waals surface area (Å²) in [7, 11) is 0. The monoisotopic (exact) mass is 471 g/mol. The lowest BCUT2D eigenvalue weighted by Crippen LogP contribution is -2.26. The number of fused-ring (bicyclic) bond motifs is 1. The molecule has 0 aliphatic rings. The van der Waals surface area contributed by atoms with Crippen molar-refractivity contribution >= 4 is 16.9 Å². The molecule has 2 N–H and O–H groups in total. The van der Waals surface area contributed by atoms with E-state index in [1.807, 2.05) is 16.7 Å². The Bertz CT molecular complexity index is 1270. The van der Waals surface area contributed by atoms with Gasteiger partial charge in [-0.15, -0.1) is 13.2 Å². The molecule has 34 heavy (non-hydrogen) atoms. The van der Waals surface area contributed by atoms with Gasteiger partial charge in [0.1, 0.15) is 24.4 Å². The van der Waals surface area contributed by atoms with E-state index in [9.17, 15) is 18.0 Å². The maximum Gasteiger partial charge on any atom is 0.573 e. The third kappa shape index (κ3) is 5.65. The number of hydrogen-bond acceptors (Lipinski definition) is 5. The molecule has 0 spiro atoms. The standard InChI is InChI=1S/C24H20F3N3O4/c25-24(26,27)34-20-6-1-16(2-7-20)14-33-19-8-4-18(5-9-19)30-15-29-21-13-17(3-10-22(21)30)23(32)28-11-12-31/h1-10,13,15,31H,11-12,14H2,(H,28,32). The zero-order valence-corrected chi connectivity index (χ0v) is 17.7. The molecule has 3 aromatic carbocycles. The molecule has 176 valence electrons. The lowest BCUT2D eigenvalue weighted by atomic mass is 10.2. The van der Waals surface area contributed by atoms with Crippen molar-refractivity contribution in [2.45, 2.75) is 13.0 Å². The first-order chi connectivity index (χ1) is 16.3. The summed E-state index contributed by atoms with van der Waals surface area (Å²) in [6.45, 7) is 0.226. The minimum Gasteiger partial charge on any atom is -0.489 e. The highest BCUT2D eigenvalue weighted by Gasteiger charge is 2.30. The van der Waals surface area contributed by atoms with Gasteiger partial charge in [-0.1, -0.05) is 12.1 Å². The second-order valence-corrected chi connectivity index (χ2v) is 7.27. The predicted molar refractivity (Wildman–Crippen MR) is 118 cm³/mol. The van der Waals surface area contributed by atoms with Crippen molar-refractivity contribution in [3.8, 4) is 17.2 Å². The first kappa shape index (κ1) is 23.1. The van der Waals surface area contributed by atoms with E-state index in [-0.39, 0.29) is 31.4 Å². The summed E-state index contributed by atoms with van der Waals surface area (Å²) in [6, 6.07) is 17.9. The van der Waals surface area contributed by atoms with Crippen LogP contribution in [0.15, 0.2) is 73.1 Å². The number of alkyl halides is 3. The molecule has 10 heteroatoms. The van der Waals surface area contributed by atoms with Crippen LogP contribution in [0.1, 0.15) is 15.9 Å². The maximum atomic E-state index is 12.2. The molecule has 1 aromatic heterocycles. The van der Waals surface area contributed by atoms with Crippen LogP contribution in [-0.2, 0) is 6.61 Å². The number of carbonyl (C=O) groups excluding carboxylic acids is 1. The number of hydrogen-bond donors (Lipinski definition) is 2. The second-order valence-electron chi connectivity index (χ2n) is 7.27. The Kier molecular flexibility index (Phi) is 6.69. The fourth-order valence-corrected chi connectivity index (χ4v) is 3.29. The molecule has 4 rings (SSSR count). The van der Waals surface area contributed by atoms with Crippen LogP contribution in [0.2, 0.25) is 0 Å². The number of aromatic nitrogens is 2. The zero-order chi connectivity index (χ0) is 24.1. The van der Waals surface area contributed by atoms with Crippen molar-refractivity contribution in [1.29, 1.82) is 0 Å². The fraction of sp³-hybridized carbons (Fsp3) is 0.167. The normalized spacial score (nSPS) is 11.4. The second kappa shape index (κ2) is 9.84. The highest BCUT2D eigenvalue weighted by atomic mass is 19.4. The van der Waals surface area contributed by atoms with E-state index in [1.54, 1.807) is 36.7 Å². The lowest BCUT2D eigenvalue weighted by molar-refractivity contribution is -0.274. The number of ether oxygens (including phenoxy) is 2. The van der Waals surface area contributed by atoms with E-state index in [1.165, 1.54) is 24.3 Å². The number of halogens is 3. The summed E-state index contributed by atoms with van der Waals surface area (Å²) in [5.74, 6) is 0.0206. The summed E-state index contributed by atoms with van der Waals surface area (Å²) in [6.07, 6.45) is -3.07. The first-order valence-electron chi connectivity index (χ1n) is 10.3. The molecule has 0 atom stereocenters. The van der Waals surface area contributed by atoms with Crippen molar-refractivity contribution < 1.29 is 32.5 Å². The lowest BCUT2D eigenvalue weighted by Gasteiger charge is -2.11. The van der Waals surface area contributed by atoms with Gasteiger partial charge in [0.2, 0.25) is 0 Å². The van der Waals surface area contributed by atoms with Crippen LogP contribution in [0.3, 0.4) is 0 Å². The molecular formula is C24H20F3N3O4. The summed E-state index contributed by atoms with van der Waals surface area (Å²) in [5, 5.41) is 11.4. The molecule has 0 fully saturated rings. The highest BCUT2D eigenvalue weighted by Crippen LogP contribution is 2.24. The molecule has 1 amide bonds. The van der Waals surface area contributed by atoms with Crippen LogP contribution in [-0.4, -0.2) is 40.1 Å². The van der Waals surface area contributed by atoms with Crippen LogP contribution >= 0.6 is 0 Å². The van der Waals surface area contributed by atoms with Gasteiger partial charge in [-0.2, -0.15) is 0 Å². The quantitative estimate of drug-likeness (QED) is 0.402. The number of rotatable bonds is 8. The van der Waals surface area contributed by atoms with Crippen LogP contribution in [0, 0.1) is 0 Å². The number of amides is 1. The molecule has 0 aliphatic heterocycles. The van der Waals surface area contributed by atoms with Gasteiger partial charge < -0.3 is 19.9 Å². The fourth-order valence-electron chi connectivity index (χ4n) is 3.29. The van der Waals surface area contributed by atoms with Crippen LogP contribution < -0.4 is 14.8 Å². The molecule has 0 bridgehead atoms. The number of aliphatic hydroxyl groups is 1. The number of aliphatic hydroxyl groups excluding tert-OH is 1. The third-order valence-corrected chi connectivity index (χ3v) is 4.88. The largest absolute Gasteiger partial charge is 0.573 e. The van der Waals surface area contributed by atoms with Crippen molar-refractivity contribution in [2.24, 2.45) is 0 Å². The summed E-state index contributed by atoms with van der Waals surface area (Å²) in [4.78, 5) is 16.4. The molecule has 0 saturated heterocycles. The average molecular weight is 471 g/mol. The Morgan fingerprint density at radius 2 is 1.71 bits per heavy atom. The van der Waals surface area contributed by atoms with Gasteiger partial charge in [0, 0.05) is 17.8 Å². The first-order valence-corrected chi connectivity index (χ1v) is 10.3. The third-order valence-electron chi connectivity index (χ3n) is 4.88. The van der Waals surface area contributed by atoms with Gasteiger partial charge >= 0.3 is 6.36 Å². The summed E-state index contributed by atoms with van der Waals surface area (Å²) in [5.41, 5.74) is 3.44. The van der Waals surface area contributed by atoms with Gasteiger partial charge in [-0.25, -0.2) is 4.98 Å². The summed E-state index contributed by atoms with van der Waals surface area (Å²) >= 11 is 0. The molecule has 7 nitrogen and oxygen atoms in total. The van der Waals surface area contributed by atoms with Gasteiger partial charge in [0.15, 0.2) is 0 Å². The highest BCUT2D eigenvalue weighted by molar-refractivity contribution is 5.97. The Labute approximate surface area is 192 Å². The number of imidazole rings is 1. The van der Waals surface area contributed by atoms with Gasteiger partial charge in [-0.05, 0) is 60.2 Å². The molecule has 0 saturated carbocycles. The summed E-state index contributed by atoms with van der Waals surface area (Å²) < 4.78 is 48.2. The molecule has 0 aliphatic carbocycles. The van der Waals surface area contributed by atoms with E-state index < -0.39 is 6.36 Å². The van der Waals surface area contributed by atoms with Crippen molar-refractivity contribution in [3.05, 3.63) is 84.2 Å². The predicted octanol–water partition coefficient (Wildman–Crippen LogP) is 4.23. The minimum atomic E-state index is -4.72. The zero-order valence-electron chi connectivity index (χ0n) is 17.7. The number of benzene rings is 3. The Morgan fingerprint density at radius 3 is 2.38 bits per heavy atom.